The number of amides is 1. The summed E-state index contributed by atoms with van der Waals surface area (Å²) < 4.78 is 4.69. The second-order valence-corrected chi connectivity index (χ2v) is 4.58. The Morgan fingerprint density at radius 2 is 2.00 bits per heavy atom. The molecule has 0 spiro atoms. The highest BCUT2D eigenvalue weighted by Crippen LogP contribution is 2.39. The van der Waals surface area contributed by atoms with Crippen molar-refractivity contribution < 1.29 is 19.4 Å². The average Bonchev–Trinajstić information content (AvgIpc) is 2.67. The smallest absolute Gasteiger partial charge is 0.410 e. The minimum absolute atomic E-state index is 0.0716. The van der Waals surface area contributed by atoms with Crippen LogP contribution in [0.1, 0.15) is 32.1 Å². The van der Waals surface area contributed by atoms with Gasteiger partial charge in [-0.3, -0.25) is 4.90 Å². The molecule has 0 bridgehead atoms. The molecule has 0 aromatic carbocycles. The van der Waals surface area contributed by atoms with Crippen LogP contribution in [0.5, 0.6) is 0 Å². The first-order chi connectivity index (χ1) is 7.65. The third-order valence-corrected chi connectivity index (χ3v) is 3.76. The number of rotatable bonds is 1. The Labute approximate surface area is 94.4 Å². The van der Waals surface area contributed by atoms with Crippen molar-refractivity contribution in [2.24, 2.45) is 5.92 Å². The zero-order chi connectivity index (χ0) is 11.7. The Morgan fingerprint density at radius 3 is 2.62 bits per heavy atom. The fourth-order valence-electron chi connectivity index (χ4n) is 3.05. The number of hydrogen-bond acceptors (Lipinski definition) is 3. The van der Waals surface area contributed by atoms with Crippen molar-refractivity contribution in [3.8, 4) is 0 Å². The molecule has 5 nitrogen and oxygen atoms in total. The van der Waals surface area contributed by atoms with Gasteiger partial charge in [-0.2, -0.15) is 0 Å². The van der Waals surface area contributed by atoms with Gasteiger partial charge in [-0.15, -0.1) is 0 Å². The van der Waals surface area contributed by atoms with E-state index in [1.807, 2.05) is 0 Å². The van der Waals surface area contributed by atoms with Gasteiger partial charge in [-0.05, 0) is 25.2 Å². The van der Waals surface area contributed by atoms with Gasteiger partial charge < -0.3 is 9.84 Å². The molecule has 1 amide bonds. The Morgan fingerprint density at radius 1 is 1.31 bits per heavy atom. The fraction of sp³-hybridized carbons (Fsp3) is 0.818. The van der Waals surface area contributed by atoms with Gasteiger partial charge in [0.05, 0.1) is 7.11 Å². The van der Waals surface area contributed by atoms with Gasteiger partial charge in [-0.1, -0.05) is 12.8 Å². The SMILES string of the molecule is COC(=O)N1C(C(=O)O)CC2CCCCC21. The summed E-state index contributed by atoms with van der Waals surface area (Å²) in [4.78, 5) is 24.2. The molecular weight excluding hydrogens is 210 g/mol. The summed E-state index contributed by atoms with van der Waals surface area (Å²) in [6.45, 7) is 0. The van der Waals surface area contributed by atoms with Gasteiger partial charge >= 0.3 is 12.1 Å². The van der Waals surface area contributed by atoms with Crippen molar-refractivity contribution in [3.05, 3.63) is 0 Å². The van der Waals surface area contributed by atoms with E-state index >= 15 is 0 Å². The van der Waals surface area contributed by atoms with Crippen LogP contribution in [0.15, 0.2) is 0 Å². The third-order valence-electron chi connectivity index (χ3n) is 3.76. The molecule has 1 aliphatic heterocycles. The van der Waals surface area contributed by atoms with Gasteiger partial charge in [0.2, 0.25) is 0 Å². The molecule has 0 aromatic rings. The fourth-order valence-corrected chi connectivity index (χ4v) is 3.05. The minimum atomic E-state index is -0.917. The number of hydrogen-bond donors (Lipinski definition) is 1. The van der Waals surface area contributed by atoms with Gasteiger partial charge in [0, 0.05) is 6.04 Å². The molecule has 1 N–H and O–H groups in total. The van der Waals surface area contributed by atoms with Gasteiger partial charge in [-0.25, -0.2) is 9.59 Å². The number of carbonyl (C=O) groups is 2. The Kier molecular flexibility index (Phi) is 3.03. The monoisotopic (exact) mass is 227 g/mol. The van der Waals surface area contributed by atoms with Crippen molar-refractivity contribution in [1.82, 2.24) is 4.90 Å². The molecule has 0 radical (unpaired) electrons. The van der Waals surface area contributed by atoms with Crippen molar-refractivity contribution in [2.45, 2.75) is 44.2 Å². The van der Waals surface area contributed by atoms with E-state index in [4.69, 9.17) is 5.11 Å². The lowest BCUT2D eigenvalue weighted by molar-refractivity contribution is -0.142. The quantitative estimate of drug-likeness (QED) is 0.736. The highest BCUT2D eigenvalue weighted by molar-refractivity contribution is 5.81. The number of carboxylic acid groups (broad SMARTS) is 1. The molecule has 16 heavy (non-hydrogen) atoms. The first-order valence-electron chi connectivity index (χ1n) is 5.74. The van der Waals surface area contributed by atoms with Crippen LogP contribution in [-0.4, -0.2) is 41.3 Å². The van der Waals surface area contributed by atoms with Crippen LogP contribution in [0.25, 0.3) is 0 Å². The third kappa shape index (κ3) is 1.74. The van der Waals surface area contributed by atoms with E-state index < -0.39 is 18.1 Å². The summed E-state index contributed by atoms with van der Waals surface area (Å²) in [5.41, 5.74) is 0. The second-order valence-electron chi connectivity index (χ2n) is 4.58. The topological polar surface area (TPSA) is 66.8 Å². The van der Waals surface area contributed by atoms with E-state index in [2.05, 4.69) is 4.74 Å². The Bertz CT molecular complexity index is 304. The van der Waals surface area contributed by atoms with Crippen LogP contribution in [-0.2, 0) is 9.53 Å². The summed E-state index contributed by atoms with van der Waals surface area (Å²) >= 11 is 0. The lowest BCUT2D eigenvalue weighted by Gasteiger charge is -2.31. The summed E-state index contributed by atoms with van der Waals surface area (Å²) in [6.07, 6.45) is 4.23. The van der Waals surface area contributed by atoms with Crippen molar-refractivity contribution in [3.63, 3.8) is 0 Å². The van der Waals surface area contributed by atoms with E-state index in [0.717, 1.165) is 25.7 Å². The molecule has 2 fully saturated rings. The van der Waals surface area contributed by atoms with E-state index in [1.165, 1.54) is 12.0 Å². The number of likely N-dealkylation sites (tertiary alicyclic amines) is 1. The van der Waals surface area contributed by atoms with E-state index in [-0.39, 0.29) is 6.04 Å². The maximum Gasteiger partial charge on any atom is 0.410 e. The van der Waals surface area contributed by atoms with Crippen molar-refractivity contribution in [2.75, 3.05) is 7.11 Å². The van der Waals surface area contributed by atoms with E-state index in [1.54, 1.807) is 0 Å². The van der Waals surface area contributed by atoms with Crippen LogP contribution in [0.4, 0.5) is 4.79 Å². The summed E-state index contributed by atoms with van der Waals surface area (Å²) in [6, 6.07) is -0.622. The molecule has 3 atom stereocenters. The molecule has 1 aliphatic carbocycles. The molecule has 2 rings (SSSR count). The molecular formula is C11H17NO4. The first-order valence-corrected chi connectivity index (χ1v) is 5.74. The van der Waals surface area contributed by atoms with Crippen LogP contribution < -0.4 is 0 Å². The van der Waals surface area contributed by atoms with E-state index in [9.17, 15) is 9.59 Å². The first kappa shape index (κ1) is 11.2. The molecule has 1 heterocycles. The summed E-state index contributed by atoms with van der Waals surface area (Å²) in [5.74, 6) is -0.575. The molecule has 3 unspecified atom stereocenters. The number of carbonyl (C=O) groups excluding carboxylic acids is 1. The second kappa shape index (κ2) is 4.31. The Balaban J connectivity index is 2.20. The predicted molar refractivity (Wildman–Crippen MR) is 56.0 cm³/mol. The maximum atomic E-state index is 11.6. The average molecular weight is 227 g/mol. The molecule has 2 aliphatic rings. The predicted octanol–water partition coefficient (Wildman–Crippen LogP) is 1.47. The number of fused-ring (bicyclic) bond motifs is 1. The molecule has 1 saturated heterocycles. The number of carboxylic acids is 1. The van der Waals surface area contributed by atoms with Crippen LogP contribution >= 0.6 is 0 Å². The van der Waals surface area contributed by atoms with Crippen molar-refractivity contribution in [1.29, 1.82) is 0 Å². The lowest BCUT2D eigenvalue weighted by atomic mass is 9.85. The molecule has 90 valence electrons. The zero-order valence-corrected chi connectivity index (χ0v) is 9.39. The largest absolute Gasteiger partial charge is 0.480 e. The standard InChI is InChI=1S/C11H17NO4/c1-16-11(15)12-8-5-3-2-4-7(8)6-9(12)10(13)14/h7-9H,2-6H2,1H3,(H,13,14). The van der Waals surface area contributed by atoms with Gasteiger partial charge in [0.15, 0.2) is 0 Å². The van der Waals surface area contributed by atoms with Crippen LogP contribution in [0, 0.1) is 5.92 Å². The molecule has 0 aromatic heterocycles. The number of methoxy groups -OCH3 is 1. The maximum absolute atomic E-state index is 11.6. The number of aliphatic carboxylic acids is 1. The molecule has 5 heteroatoms. The number of nitrogens with zero attached hydrogens (tertiary/aromatic N) is 1. The zero-order valence-electron chi connectivity index (χ0n) is 9.39. The van der Waals surface area contributed by atoms with Crippen molar-refractivity contribution >= 4 is 12.1 Å². The molecule has 1 saturated carbocycles. The van der Waals surface area contributed by atoms with Gasteiger partial charge in [0.1, 0.15) is 6.04 Å². The van der Waals surface area contributed by atoms with Crippen LogP contribution in [0.2, 0.25) is 0 Å². The lowest BCUT2D eigenvalue weighted by Crippen LogP contribution is -2.46. The Hall–Kier alpha value is -1.26. The summed E-state index contributed by atoms with van der Waals surface area (Å²) in [5, 5.41) is 9.13. The van der Waals surface area contributed by atoms with E-state index in [0.29, 0.717) is 12.3 Å². The highest BCUT2D eigenvalue weighted by atomic mass is 16.5. The van der Waals surface area contributed by atoms with Crippen LogP contribution in [0.3, 0.4) is 0 Å². The highest BCUT2D eigenvalue weighted by Gasteiger charge is 2.48. The number of ether oxygens (including phenoxy) is 1. The minimum Gasteiger partial charge on any atom is -0.480 e. The summed E-state index contributed by atoms with van der Waals surface area (Å²) in [7, 11) is 1.30. The normalized spacial score (nSPS) is 33.3. The van der Waals surface area contributed by atoms with Gasteiger partial charge in [0.25, 0.3) is 0 Å².